The lowest BCUT2D eigenvalue weighted by molar-refractivity contribution is -0.697. The summed E-state index contributed by atoms with van der Waals surface area (Å²) in [6.45, 7) is 4.16. The van der Waals surface area contributed by atoms with Crippen LogP contribution < -0.4 is 9.46 Å². The van der Waals surface area contributed by atoms with E-state index >= 15 is 0 Å². The molecule has 10 heteroatoms. The lowest BCUT2D eigenvalue weighted by Crippen LogP contribution is -2.40. The average molecular weight is 641 g/mol. The molecule has 0 radical (unpaired) electrons. The van der Waals surface area contributed by atoms with E-state index in [-0.39, 0.29) is 19.8 Å². The van der Waals surface area contributed by atoms with Crippen LogP contribution in [0.2, 0.25) is 0 Å². The summed E-state index contributed by atoms with van der Waals surface area (Å²) in [5.41, 5.74) is 0. The molecule has 2 heterocycles. The first-order valence-corrected chi connectivity index (χ1v) is 19.0. The Kier molecular flexibility index (Phi) is 22.5. The Morgan fingerprint density at radius 2 is 1.30 bits per heavy atom. The lowest BCUT2D eigenvalue weighted by Gasteiger charge is -2.29. The van der Waals surface area contributed by atoms with Gasteiger partial charge in [0.15, 0.2) is 25.0 Å². The highest BCUT2D eigenvalue weighted by molar-refractivity contribution is 7.45. The number of unbranched alkanes of at least 4 members (excludes halogenated alkanes) is 15. The maximum absolute atomic E-state index is 12.7. The van der Waals surface area contributed by atoms with Gasteiger partial charge in [-0.3, -0.25) is 4.57 Å². The fourth-order valence-corrected chi connectivity index (χ4v) is 6.16. The number of piperidine rings is 1. The maximum atomic E-state index is 12.7. The molecule has 44 heavy (non-hydrogen) atoms. The zero-order chi connectivity index (χ0) is 31.6. The molecule has 2 atom stereocenters. The number of pyridine rings is 1. The van der Waals surface area contributed by atoms with Gasteiger partial charge in [0, 0.05) is 31.8 Å². The van der Waals surface area contributed by atoms with Crippen molar-refractivity contribution in [2.75, 3.05) is 39.5 Å². The number of nitrogens with zero attached hydrogens (tertiary/aromatic N) is 2. The average Bonchev–Trinajstić information content (AvgIpc) is 3.03. The van der Waals surface area contributed by atoms with Crippen molar-refractivity contribution in [1.82, 2.24) is 4.90 Å². The van der Waals surface area contributed by atoms with Gasteiger partial charge in [0.25, 0.3) is 7.82 Å². The van der Waals surface area contributed by atoms with E-state index in [2.05, 4.69) is 6.92 Å². The number of aromatic nitrogens is 1. The van der Waals surface area contributed by atoms with Gasteiger partial charge in [-0.15, -0.1) is 0 Å². The molecule has 1 saturated heterocycles. The summed E-state index contributed by atoms with van der Waals surface area (Å²) in [7, 11) is -4.56. The van der Waals surface area contributed by atoms with Crippen LogP contribution in [0.4, 0.5) is 4.79 Å². The van der Waals surface area contributed by atoms with Crippen molar-refractivity contribution in [2.24, 2.45) is 0 Å². The molecule has 0 spiro atoms. The number of phosphoric ester groups is 1. The van der Waals surface area contributed by atoms with Crippen LogP contribution in [0, 0.1) is 0 Å². The zero-order valence-corrected chi connectivity index (χ0v) is 28.4. The predicted molar refractivity (Wildman–Crippen MR) is 172 cm³/mol. The molecule has 9 nitrogen and oxygen atoms in total. The standard InChI is InChI=1S/C34H61N2O7P/c1-2-3-4-5-6-7-8-9-10-11-12-13-14-15-16-23-29-40-31-33(43-34(37)36-26-21-18-22-27-36)32-42-44(38,39)41-30-28-35-24-19-17-20-25-35/h17,19-20,24-25,33H,2-16,18,21-23,26-32H2,1H3. The van der Waals surface area contributed by atoms with Crippen LogP contribution in [0.25, 0.3) is 0 Å². The van der Waals surface area contributed by atoms with Crippen LogP contribution in [0.3, 0.4) is 0 Å². The van der Waals surface area contributed by atoms with Crippen molar-refractivity contribution in [3.8, 4) is 0 Å². The van der Waals surface area contributed by atoms with Crippen LogP contribution in [-0.4, -0.2) is 56.6 Å². The van der Waals surface area contributed by atoms with Crippen molar-refractivity contribution in [1.29, 1.82) is 0 Å². The summed E-state index contributed by atoms with van der Waals surface area (Å²) in [6.07, 6.45) is 26.3. The van der Waals surface area contributed by atoms with Crippen LogP contribution in [0.15, 0.2) is 30.6 Å². The number of rotatable bonds is 27. The minimum atomic E-state index is -4.56. The van der Waals surface area contributed by atoms with Crippen molar-refractivity contribution in [3.63, 3.8) is 0 Å². The smallest absolute Gasteiger partial charge is 0.410 e. The largest absolute Gasteiger partial charge is 0.756 e. The van der Waals surface area contributed by atoms with E-state index in [1.165, 1.54) is 89.9 Å². The molecule has 1 aliphatic rings. The van der Waals surface area contributed by atoms with E-state index in [0.717, 1.165) is 32.1 Å². The van der Waals surface area contributed by atoms with Crippen molar-refractivity contribution < 1.29 is 37.3 Å². The first-order chi connectivity index (χ1) is 21.5. The normalized spacial score (nSPS) is 15.6. The summed E-state index contributed by atoms with van der Waals surface area (Å²) in [6, 6.07) is 5.59. The van der Waals surface area contributed by atoms with Crippen LogP contribution in [0.1, 0.15) is 129 Å². The van der Waals surface area contributed by atoms with E-state index in [1.54, 1.807) is 4.90 Å². The Balaban J connectivity index is 1.55. The van der Waals surface area contributed by atoms with E-state index in [9.17, 15) is 14.3 Å². The third-order valence-electron chi connectivity index (χ3n) is 8.12. The van der Waals surface area contributed by atoms with E-state index in [4.69, 9.17) is 18.5 Å². The predicted octanol–water partition coefficient (Wildman–Crippen LogP) is 7.74. The molecular formula is C34H61N2O7P. The van der Waals surface area contributed by atoms with Gasteiger partial charge >= 0.3 is 6.09 Å². The number of likely N-dealkylation sites (tertiary alicyclic amines) is 1. The number of carbonyl (C=O) groups excluding carboxylic acids is 1. The molecular weight excluding hydrogens is 579 g/mol. The maximum Gasteiger partial charge on any atom is 0.410 e. The first-order valence-electron chi connectivity index (χ1n) is 17.6. The number of amides is 1. The number of carbonyl (C=O) groups is 1. The second kappa shape index (κ2) is 25.7. The lowest BCUT2D eigenvalue weighted by atomic mass is 10.0. The Morgan fingerprint density at radius 1 is 0.750 bits per heavy atom. The Labute approximate surface area is 267 Å². The molecule has 1 amide bonds. The molecule has 0 N–H and O–H groups in total. The zero-order valence-electron chi connectivity index (χ0n) is 27.5. The molecule has 2 rings (SSSR count). The fourth-order valence-electron chi connectivity index (χ4n) is 5.43. The molecule has 1 aromatic heterocycles. The van der Waals surface area contributed by atoms with Crippen molar-refractivity contribution >= 4 is 13.9 Å². The summed E-state index contributed by atoms with van der Waals surface area (Å²) in [5, 5.41) is 0. The van der Waals surface area contributed by atoms with Gasteiger partial charge in [0.2, 0.25) is 0 Å². The van der Waals surface area contributed by atoms with E-state index < -0.39 is 20.0 Å². The van der Waals surface area contributed by atoms with Gasteiger partial charge in [0.05, 0.1) is 13.2 Å². The van der Waals surface area contributed by atoms with Crippen molar-refractivity contribution in [2.45, 2.75) is 142 Å². The number of hydrogen-bond acceptors (Lipinski definition) is 7. The minimum absolute atomic E-state index is 0.0521. The first kappa shape index (κ1) is 38.7. The summed E-state index contributed by atoms with van der Waals surface area (Å²) in [4.78, 5) is 26.7. The van der Waals surface area contributed by atoms with Crippen LogP contribution >= 0.6 is 7.82 Å². The van der Waals surface area contributed by atoms with E-state index in [0.29, 0.717) is 26.2 Å². The number of ether oxygens (including phenoxy) is 2. The highest BCUT2D eigenvalue weighted by atomic mass is 31.2. The van der Waals surface area contributed by atoms with Crippen molar-refractivity contribution in [3.05, 3.63) is 30.6 Å². The Morgan fingerprint density at radius 3 is 1.86 bits per heavy atom. The van der Waals surface area contributed by atoms with Gasteiger partial charge in [-0.1, -0.05) is 109 Å². The molecule has 1 fully saturated rings. The number of hydrogen-bond donors (Lipinski definition) is 0. The van der Waals surface area contributed by atoms with Gasteiger partial charge in [-0.2, -0.15) is 0 Å². The van der Waals surface area contributed by atoms with Crippen LogP contribution in [-0.2, 0) is 29.6 Å². The molecule has 0 aromatic carbocycles. The highest BCUT2D eigenvalue weighted by Crippen LogP contribution is 2.38. The number of phosphoric acid groups is 1. The third-order valence-corrected chi connectivity index (χ3v) is 9.09. The molecule has 2 unspecified atom stereocenters. The monoisotopic (exact) mass is 640 g/mol. The SMILES string of the molecule is CCCCCCCCCCCCCCCCCCOCC(COP(=O)([O-])OCC[n+]1ccccc1)OC(=O)N1CCCCC1. The van der Waals surface area contributed by atoms with Gasteiger partial charge < -0.3 is 28.3 Å². The molecule has 0 aliphatic carbocycles. The second-order valence-corrected chi connectivity index (χ2v) is 13.5. The highest BCUT2D eigenvalue weighted by Gasteiger charge is 2.24. The molecule has 1 aliphatic heterocycles. The Hall–Kier alpha value is -1.51. The third kappa shape index (κ3) is 20.5. The van der Waals surface area contributed by atoms with Crippen LogP contribution in [0.5, 0.6) is 0 Å². The quantitative estimate of drug-likeness (QED) is 0.0551. The molecule has 1 aromatic rings. The van der Waals surface area contributed by atoms with Gasteiger partial charge in [-0.05, 0) is 25.7 Å². The topological polar surface area (TPSA) is 101 Å². The summed E-state index contributed by atoms with van der Waals surface area (Å²) in [5.74, 6) is 0. The van der Waals surface area contributed by atoms with E-state index in [1.807, 2.05) is 35.2 Å². The molecule has 0 bridgehead atoms. The van der Waals surface area contributed by atoms with Gasteiger partial charge in [0.1, 0.15) is 6.61 Å². The molecule has 254 valence electrons. The molecule has 0 saturated carbocycles. The summed E-state index contributed by atoms with van der Waals surface area (Å²) >= 11 is 0. The second-order valence-electron chi connectivity index (χ2n) is 12.1. The fraction of sp³-hybridized carbons (Fsp3) is 0.824. The minimum Gasteiger partial charge on any atom is -0.756 e. The van der Waals surface area contributed by atoms with Gasteiger partial charge in [-0.25, -0.2) is 9.36 Å². The Bertz CT molecular complexity index is 870. The summed E-state index contributed by atoms with van der Waals surface area (Å²) < 4.78 is 35.7.